The van der Waals surface area contributed by atoms with Crippen LogP contribution in [0.1, 0.15) is 64.4 Å². The van der Waals surface area contributed by atoms with E-state index in [0.29, 0.717) is 24.3 Å². The van der Waals surface area contributed by atoms with Crippen LogP contribution in [0.4, 0.5) is 4.39 Å². The third-order valence-corrected chi connectivity index (χ3v) is 5.64. The molecular formula is C29H32FN3O3. The van der Waals surface area contributed by atoms with Crippen LogP contribution in [-0.2, 0) is 17.8 Å². The van der Waals surface area contributed by atoms with Crippen molar-refractivity contribution in [2.75, 3.05) is 13.7 Å². The zero-order valence-electron chi connectivity index (χ0n) is 21.1. The minimum atomic E-state index is -0.362. The third kappa shape index (κ3) is 6.43. The van der Waals surface area contributed by atoms with Crippen molar-refractivity contribution in [1.29, 1.82) is 0 Å². The summed E-state index contributed by atoms with van der Waals surface area (Å²) in [5.41, 5.74) is 4.80. The van der Waals surface area contributed by atoms with Gasteiger partial charge in [-0.25, -0.2) is 9.18 Å². The van der Waals surface area contributed by atoms with Crippen LogP contribution >= 0.6 is 0 Å². The van der Waals surface area contributed by atoms with Gasteiger partial charge in [0.15, 0.2) is 6.29 Å². The Hall–Kier alpha value is -3.84. The Morgan fingerprint density at radius 1 is 1.14 bits per heavy atom. The van der Waals surface area contributed by atoms with Crippen molar-refractivity contribution in [3.8, 4) is 0 Å². The van der Waals surface area contributed by atoms with Crippen molar-refractivity contribution in [3.05, 3.63) is 101 Å². The van der Waals surface area contributed by atoms with E-state index in [0.717, 1.165) is 40.7 Å². The summed E-state index contributed by atoms with van der Waals surface area (Å²) in [5, 5.41) is 3.78. The molecule has 0 fully saturated rings. The molecule has 36 heavy (non-hydrogen) atoms. The SMILES string of the molecule is CCOC(=O)c1ccc2c(C=O)c(C(C)C)n(Cc3ccccn3)c2c1.CNCc1cccc(F)c1. The van der Waals surface area contributed by atoms with Crippen molar-refractivity contribution < 1.29 is 18.7 Å². The van der Waals surface area contributed by atoms with Gasteiger partial charge in [0.05, 0.1) is 29.9 Å². The molecule has 4 rings (SSSR count). The van der Waals surface area contributed by atoms with E-state index in [1.807, 2.05) is 37.4 Å². The summed E-state index contributed by atoms with van der Waals surface area (Å²) in [5.74, 6) is -0.385. The van der Waals surface area contributed by atoms with E-state index in [9.17, 15) is 14.0 Å². The molecular weight excluding hydrogens is 457 g/mol. The van der Waals surface area contributed by atoms with Gasteiger partial charge in [-0.3, -0.25) is 9.78 Å². The second-order valence-corrected chi connectivity index (χ2v) is 8.59. The molecule has 0 aliphatic rings. The Morgan fingerprint density at radius 3 is 2.56 bits per heavy atom. The molecule has 1 N–H and O–H groups in total. The van der Waals surface area contributed by atoms with Gasteiger partial charge in [-0.05, 0) is 61.9 Å². The Balaban J connectivity index is 0.000000303. The number of aromatic nitrogens is 2. The van der Waals surface area contributed by atoms with Crippen molar-refractivity contribution >= 4 is 23.2 Å². The maximum atomic E-state index is 12.5. The number of rotatable bonds is 8. The normalized spacial score (nSPS) is 10.7. The maximum absolute atomic E-state index is 12.5. The van der Waals surface area contributed by atoms with Crippen LogP contribution in [0.2, 0.25) is 0 Å². The predicted molar refractivity (Wildman–Crippen MR) is 140 cm³/mol. The number of nitrogens with zero attached hydrogens (tertiary/aromatic N) is 2. The summed E-state index contributed by atoms with van der Waals surface area (Å²) in [6.07, 6.45) is 2.65. The lowest BCUT2D eigenvalue weighted by atomic mass is 10.0. The van der Waals surface area contributed by atoms with Gasteiger partial charge in [-0.1, -0.05) is 38.1 Å². The van der Waals surface area contributed by atoms with Gasteiger partial charge in [0.25, 0.3) is 0 Å². The highest BCUT2D eigenvalue weighted by atomic mass is 19.1. The monoisotopic (exact) mass is 489 g/mol. The number of pyridine rings is 1. The lowest BCUT2D eigenvalue weighted by molar-refractivity contribution is 0.0526. The number of benzene rings is 2. The zero-order valence-corrected chi connectivity index (χ0v) is 21.1. The van der Waals surface area contributed by atoms with Crippen LogP contribution in [-0.4, -0.2) is 35.5 Å². The van der Waals surface area contributed by atoms with Crippen LogP contribution < -0.4 is 5.32 Å². The first-order valence-electron chi connectivity index (χ1n) is 12.0. The van der Waals surface area contributed by atoms with Gasteiger partial charge < -0.3 is 14.6 Å². The number of nitrogens with one attached hydrogen (secondary N) is 1. The third-order valence-electron chi connectivity index (χ3n) is 5.64. The van der Waals surface area contributed by atoms with Gasteiger partial charge in [-0.2, -0.15) is 0 Å². The molecule has 0 aliphatic carbocycles. The van der Waals surface area contributed by atoms with Gasteiger partial charge >= 0.3 is 5.97 Å². The highest BCUT2D eigenvalue weighted by Gasteiger charge is 2.21. The molecule has 0 atom stereocenters. The maximum Gasteiger partial charge on any atom is 0.338 e. The smallest absolute Gasteiger partial charge is 0.338 e. The summed E-state index contributed by atoms with van der Waals surface area (Å²) >= 11 is 0. The lowest BCUT2D eigenvalue weighted by Crippen LogP contribution is -2.09. The van der Waals surface area contributed by atoms with E-state index in [-0.39, 0.29) is 17.7 Å². The molecule has 2 aromatic heterocycles. The lowest BCUT2D eigenvalue weighted by Gasteiger charge is -2.14. The molecule has 0 amide bonds. The first kappa shape index (κ1) is 26.8. The van der Waals surface area contributed by atoms with Gasteiger partial charge in [0, 0.05) is 29.4 Å². The van der Waals surface area contributed by atoms with Gasteiger partial charge in [0.1, 0.15) is 5.82 Å². The molecule has 2 aromatic carbocycles. The quantitative estimate of drug-likeness (QED) is 0.252. The fourth-order valence-corrected chi connectivity index (χ4v) is 4.16. The fraction of sp³-hybridized carbons (Fsp3) is 0.276. The van der Waals surface area contributed by atoms with E-state index >= 15 is 0 Å². The largest absolute Gasteiger partial charge is 0.462 e. The summed E-state index contributed by atoms with van der Waals surface area (Å²) in [6, 6.07) is 17.7. The number of esters is 1. The number of aldehydes is 1. The van der Waals surface area contributed by atoms with E-state index < -0.39 is 0 Å². The van der Waals surface area contributed by atoms with Crippen LogP contribution in [0.25, 0.3) is 10.9 Å². The standard InChI is InChI=1S/C21H22N2O3.C8H10FN/c1-4-26-21(25)15-8-9-17-18(13-24)20(14(2)3)23(19(17)11-15)12-16-7-5-6-10-22-16;1-10-6-7-3-2-4-8(9)5-7/h5-11,13-14H,4,12H2,1-3H3;2-5,10H,6H2,1H3. The summed E-state index contributed by atoms with van der Waals surface area (Å²) in [4.78, 5) is 28.4. The highest BCUT2D eigenvalue weighted by Crippen LogP contribution is 2.31. The summed E-state index contributed by atoms with van der Waals surface area (Å²) in [6.45, 7) is 7.47. The Labute approximate surface area is 211 Å². The molecule has 188 valence electrons. The van der Waals surface area contributed by atoms with Crippen LogP contribution in [0.5, 0.6) is 0 Å². The molecule has 0 bridgehead atoms. The van der Waals surface area contributed by atoms with Crippen molar-refractivity contribution in [2.45, 2.75) is 39.8 Å². The summed E-state index contributed by atoms with van der Waals surface area (Å²) in [7, 11) is 1.84. The second-order valence-electron chi connectivity index (χ2n) is 8.59. The molecule has 0 spiro atoms. The average Bonchev–Trinajstić information content (AvgIpc) is 3.18. The molecule has 0 unspecified atom stereocenters. The van der Waals surface area contributed by atoms with Gasteiger partial charge in [-0.15, -0.1) is 0 Å². The molecule has 0 aliphatic heterocycles. The Morgan fingerprint density at radius 2 is 1.94 bits per heavy atom. The fourth-order valence-electron chi connectivity index (χ4n) is 4.16. The molecule has 0 saturated heterocycles. The van der Waals surface area contributed by atoms with E-state index in [1.165, 1.54) is 12.1 Å². The first-order chi connectivity index (χ1) is 17.4. The Bertz CT molecular complexity index is 1320. The molecule has 6 nitrogen and oxygen atoms in total. The van der Waals surface area contributed by atoms with E-state index in [4.69, 9.17) is 4.74 Å². The molecule has 7 heteroatoms. The minimum Gasteiger partial charge on any atom is -0.462 e. The number of hydrogen-bond acceptors (Lipinski definition) is 5. The highest BCUT2D eigenvalue weighted by molar-refractivity contribution is 6.02. The van der Waals surface area contributed by atoms with Crippen LogP contribution in [0.3, 0.4) is 0 Å². The number of ether oxygens (including phenoxy) is 1. The van der Waals surface area contributed by atoms with E-state index in [1.54, 1.807) is 31.3 Å². The zero-order chi connectivity index (χ0) is 26.1. The minimum absolute atomic E-state index is 0.150. The Kier molecular flexibility index (Phi) is 9.47. The predicted octanol–water partition coefficient (Wildman–Crippen LogP) is 5.74. The topological polar surface area (TPSA) is 73.2 Å². The average molecular weight is 490 g/mol. The molecule has 4 aromatic rings. The number of halogens is 1. The second kappa shape index (κ2) is 12.7. The van der Waals surface area contributed by atoms with E-state index in [2.05, 4.69) is 28.7 Å². The van der Waals surface area contributed by atoms with Crippen molar-refractivity contribution in [2.24, 2.45) is 0 Å². The first-order valence-corrected chi connectivity index (χ1v) is 12.0. The number of fused-ring (bicyclic) bond motifs is 1. The molecule has 0 radical (unpaired) electrons. The van der Waals surface area contributed by atoms with Crippen molar-refractivity contribution in [1.82, 2.24) is 14.9 Å². The number of carbonyl (C=O) groups excluding carboxylic acids is 2. The number of hydrogen-bond donors (Lipinski definition) is 1. The van der Waals surface area contributed by atoms with Crippen molar-refractivity contribution in [3.63, 3.8) is 0 Å². The number of carbonyl (C=O) groups is 2. The van der Waals surface area contributed by atoms with Crippen LogP contribution in [0.15, 0.2) is 66.9 Å². The van der Waals surface area contributed by atoms with Crippen LogP contribution in [0, 0.1) is 5.82 Å². The van der Waals surface area contributed by atoms with Gasteiger partial charge in [0.2, 0.25) is 0 Å². The molecule has 2 heterocycles. The molecule has 0 saturated carbocycles. The summed E-state index contributed by atoms with van der Waals surface area (Å²) < 4.78 is 19.7.